The predicted molar refractivity (Wildman–Crippen MR) is 62.2 cm³/mol. The fraction of sp³-hybridized carbons (Fsp3) is 0.273. The van der Waals surface area contributed by atoms with Gasteiger partial charge in [0, 0.05) is 23.7 Å². The summed E-state index contributed by atoms with van der Waals surface area (Å²) in [6, 6.07) is 7.49. The number of rotatable bonds is 4. The molecule has 16 heavy (non-hydrogen) atoms. The van der Waals surface area contributed by atoms with Crippen LogP contribution >= 0.6 is 11.6 Å². The zero-order valence-corrected chi connectivity index (χ0v) is 9.43. The molecule has 0 amide bonds. The van der Waals surface area contributed by atoms with E-state index < -0.39 is 0 Å². The molecule has 0 atom stereocenters. The fourth-order valence-electron chi connectivity index (χ4n) is 1.42. The molecule has 1 aromatic carbocycles. The summed E-state index contributed by atoms with van der Waals surface area (Å²) >= 11 is 5.90. The number of aliphatic hydroxyl groups excluding tert-OH is 1. The molecule has 0 bridgehead atoms. The molecule has 2 aromatic rings. The first-order valence-corrected chi connectivity index (χ1v) is 5.44. The van der Waals surface area contributed by atoms with E-state index in [9.17, 15) is 0 Å². The zero-order valence-electron chi connectivity index (χ0n) is 8.67. The van der Waals surface area contributed by atoms with Crippen molar-refractivity contribution in [2.75, 3.05) is 6.61 Å². The largest absolute Gasteiger partial charge is 0.396 e. The van der Waals surface area contributed by atoms with Crippen LogP contribution in [-0.2, 0) is 6.54 Å². The van der Waals surface area contributed by atoms with Crippen molar-refractivity contribution in [3.8, 4) is 11.3 Å². The molecular weight excluding hydrogens is 226 g/mol. The van der Waals surface area contributed by atoms with Gasteiger partial charge in [-0.15, -0.1) is 5.10 Å². The van der Waals surface area contributed by atoms with Crippen LogP contribution in [-0.4, -0.2) is 26.7 Å². The minimum atomic E-state index is 0.159. The summed E-state index contributed by atoms with van der Waals surface area (Å²) < 4.78 is 1.71. The number of aryl methyl sites for hydroxylation is 1. The fourth-order valence-corrected chi connectivity index (χ4v) is 1.61. The van der Waals surface area contributed by atoms with E-state index >= 15 is 0 Å². The summed E-state index contributed by atoms with van der Waals surface area (Å²) in [6.45, 7) is 0.830. The van der Waals surface area contributed by atoms with Crippen LogP contribution in [0.1, 0.15) is 6.42 Å². The first-order valence-electron chi connectivity index (χ1n) is 5.06. The highest BCUT2D eigenvalue weighted by Crippen LogP contribution is 2.20. The molecule has 2 rings (SSSR count). The highest BCUT2D eigenvalue weighted by Gasteiger charge is 2.03. The Morgan fingerprint density at radius 2 is 2.25 bits per heavy atom. The average molecular weight is 238 g/mol. The SMILES string of the molecule is OCCCn1cc(-c2cccc(Cl)c2)nn1. The molecule has 1 heterocycles. The molecule has 1 N–H and O–H groups in total. The van der Waals surface area contributed by atoms with Gasteiger partial charge in [0.05, 0.1) is 6.20 Å². The third kappa shape index (κ3) is 2.59. The van der Waals surface area contributed by atoms with Crippen LogP contribution in [0.5, 0.6) is 0 Å². The lowest BCUT2D eigenvalue weighted by molar-refractivity contribution is 0.276. The summed E-state index contributed by atoms with van der Waals surface area (Å²) in [5, 5.41) is 17.4. The Morgan fingerprint density at radius 1 is 1.38 bits per heavy atom. The van der Waals surface area contributed by atoms with Crippen LogP contribution < -0.4 is 0 Å². The van der Waals surface area contributed by atoms with Gasteiger partial charge < -0.3 is 5.11 Å². The summed E-state index contributed by atoms with van der Waals surface area (Å²) in [6.07, 6.45) is 2.53. The Morgan fingerprint density at radius 3 is 3.00 bits per heavy atom. The van der Waals surface area contributed by atoms with Crippen molar-refractivity contribution < 1.29 is 5.11 Å². The minimum Gasteiger partial charge on any atom is -0.396 e. The van der Waals surface area contributed by atoms with Crippen LogP contribution in [0.25, 0.3) is 11.3 Å². The molecule has 0 aliphatic rings. The normalized spacial score (nSPS) is 10.6. The molecule has 4 nitrogen and oxygen atoms in total. The van der Waals surface area contributed by atoms with E-state index in [0.717, 1.165) is 11.3 Å². The second-order valence-electron chi connectivity index (χ2n) is 3.45. The predicted octanol–water partition coefficient (Wildman–Crippen LogP) is 1.98. The molecule has 1 aromatic heterocycles. The molecule has 0 saturated heterocycles. The minimum absolute atomic E-state index is 0.159. The highest BCUT2D eigenvalue weighted by atomic mass is 35.5. The Bertz CT molecular complexity index is 470. The van der Waals surface area contributed by atoms with Crippen molar-refractivity contribution in [3.05, 3.63) is 35.5 Å². The topological polar surface area (TPSA) is 50.9 Å². The van der Waals surface area contributed by atoms with E-state index in [2.05, 4.69) is 10.3 Å². The van der Waals surface area contributed by atoms with Gasteiger partial charge in [-0.1, -0.05) is 28.9 Å². The number of aromatic nitrogens is 3. The molecule has 0 spiro atoms. The van der Waals surface area contributed by atoms with Gasteiger partial charge in [0.15, 0.2) is 0 Å². The number of nitrogens with zero attached hydrogens (tertiary/aromatic N) is 3. The lowest BCUT2D eigenvalue weighted by Gasteiger charge is -1.96. The molecule has 84 valence electrons. The van der Waals surface area contributed by atoms with Gasteiger partial charge in [-0.05, 0) is 18.6 Å². The molecule has 0 unspecified atom stereocenters. The molecule has 0 radical (unpaired) electrons. The van der Waals surface area contributed by atoms with E-state index in [1.807, 2.05) is 30.5 Å². The highest BCUT2D eigenvalue weighted by molar-refractivity contribution is 6.30. The average Bonchev–Trinajstić information content (AvgIpc) is 2.75. The Balaban J connectivity index is 2.18. The summed E-state index contributed by atoms with van der Waals surface area (Å²) in [5.74, 6) is 0. The van der Waals surface area contributed by atoms with Crippen LogP contribution in [0, 0.1) is 0 Å². The molecular formula is C11H12ClN3O. The number of aliphatic hydroxyl groups is 1. The van der Waals surface area contributed by atoms with Crippen molar-refractivity contribution in [3.63, 3.8) is 0 Å². The summed E-state index contributed by atoms with van der Waals surface area (Å²) in [7, 11) is 0. The van der Waals surface area contributed by atoms with Gasteiger partial charge in [-0.3, -0.25) is 4.68 Å². The number of benzene rings is 1. The van der Waals surface area contributed by atoms with Crippen LogP contribution in [0.15, 0.2) is 30.5 Å². The Hall–Kier alpha value is -1.39. The maximum absolute atomic E-state index is 8.71. The third-order valence-corrected chi connectivity index (χ3v) is 2.44. The van der Waals surface area contributed by atoms with Crippen molar-refractivity contribution in [2.45, 2.75) is 13.0 Å². The van der Waals surface area contributed by atoms with Crippen LogP contribution in [0.2, 0.25) is 5.02 Å². The van der Waals surface area contributed by atoms with Gasteiger partial charge in [-0.2, -0.15) is 0 Å². The van der Waals surface area contributed by atoms with E-state index in [-0.39, 0.29) is 6.61 Å². The Labute approximate surface area is 98.5 Å². The van der Waals surface area contributed by atoms with Crippen molar-refractivity contribution >= 4 is 11.6 Å². The maximum atomic E-state index is 8.71. The smallest absolute Gasteiger partial charge is 0.113 e. The quantitative estimate of drug-likeness (QED) is 0.885. The monoisotopic (exact) mass is 237 g/mol. The first kappa shape index (κ1) is 11.1. The van der Waals surface area contributed by atoms with Gasteiger partial charge >= 0.3 is 0 Å². The molecule has 0 saturated carbocycles. The molecule has 0 aliphatic carbocycles. The second-order valence-corrected chi connectivity index (χ2v) is 3.89. The van der Waals surface area contributed by atoms with E-state index in [0.29, 0.717) is 18.0 Å². The number of halogens is 1. The van der Waals surface area contributed by atoms with Gasteiger partial charge in [0.2, 0.25) is 0 Å². The van der Waals surface area contributed by atoms with Crippen molar-refractivity contribution in [1.29, 1.82) is 0 Å². The second kappa shape index (κ2) is 5.09. The van der Waals surface area contributed by atoms with Crippen molar-refractivity contribution in [1.82, 2.24) is 15.0 Å². The van der Waals surface area contributed by atoms with E-state index in [1.54, 1.807) is 4.68 Å². The summed E-state index contributed by atoms with van der Waals surface area (Å²) in [4.78, 5) is 0. The van der Waals surface area contributed by atoms with Gasteiger partial charge in [0.25, 0.3) is 0 Å². The van der Waals surface area contributed by atoms with E-state index in [1.165, 1.54) is 0 Å². The van der Waals surface area contributed by atoms with Crippen LogP contribution in [0.3, 0.4) is 0 Å². The standard InChI is InChI=1S/C11H12ClN3O/c12-10-4-1-3-9(7-10)11-8-15(14-13-11)5-2-6-16/h1,3-4,7-8,16H,2,5-6H2. The third-order valence-electron chi connectivity index (χ3n) is 2.20. The summed E-state index contributed by atoms with van der Waals surface area (Å²) in [5.41, 5.74) is 1.74. The lowest BCUT2D eigenvalue weighted by Crippen LogP contribution is -2.00. The number of hydrogen-bond acceptors (Lipinski definition) is 3. The zero-order chi connectivity index (χ0) is 11.4. The first-order chi connectivity index (χ1) is 7.79. The van der Waals surface area contributed by atoms with Gasteiger partial charge in [-0.25, -0.2) is 0 Å². The van der Waals surface area contributed by atoms with Crippen LogP contribution in [0.4, 0.5) is 0 Å². The van der Waals surface area contributed by atoms with Crippen molar-refractivity contribution in [2.24, 2.45) is 0 Å². The number of hydrogen-bond donors (Lipinski definition) is 1. The van der Waals surface area contributed by atoms with E-state index in [4.69, 9.17) is 16.7 Å². The lowest BCUT2D eigenvalue weighted by atomic mass is 10.2. The Kier molecular flexibility index (Phi) is 3.54. The molecule has 5 heteroatoms. The molecule has 0 fully saturated rings. The maximum Gasteiger partial charge on any atom is 0.113 e. The molecule has 0 aliphatic heterocycles. The van der Waals surface area contributed by atoms with Gasteiger partial charge in [0.1, 0.15) is 5.69 Å².